The van der Waals surface area contributed by atoms with Crippen molar-refractivity contribution in [3.05, 3.63) is 53.6 Å². The zero-order valence-electron chi connectivity index (χ0n) is 25.5. The number of benzene rings is 2. The molecule has 2 rings (SSSR count). The molecular formula is C28H43N3Na2O11P2. The molecule has 0 radical (unpaired) electrons. The Balaban J connectivity index is 0.0000101. The molecule has 14 nitrogen and oxygen atoms in total. The number of carbonyl (C=O) groups is 3. The average Bonchev–Trinajstić information content (AvgIpc) is 2.91. The monoisotopic (exact) mass is 705 g/mol. The Kier molecular flexibility index (Phi) is 19.1. The Labute approximate surface area is 313 Å². The van der Waals surface area contributed by atoms with Crippen LogP contribution in [0.3, 0.4) is 0 Å². The molecular weight excluding hydrogens is 662 g/mol. The normalized spacial score (nSPS) is 12.6. The number of hydrogen-bond acceptors (Lipinski definition) is 7. The zero-order valence-corrected chi connectivity index (χ0v) is 27.3. The number of nitrogens with zero attached hydrogens (tertiary/aromatic N) is 2. The molecule has 2 atom stereocenters. The van der Waals surface area contributed by atoms with E-state index >= 15 is 0 Å². The van der Waals surface area contributed by atoms with Gasteiger partial charge in [0.25, 0.3) is 0 Å². The van der Waals surface area contributed by atoms with Crippen LogP contribution in [-0.4, -0.2) is 140 Å². The Hall–Kier alpha value is -1.25. The first kappa shape index (κ1) is 44.8. The fourth-order valence-electron chi connectivity index (χ4n) is 4.64. The van der Waals surface area contributed by atoms with Gasteiger partial charge in [0, 0.05) is 34.6 Å². The molecule has 3 amide bonds. The second kappa shape index (κ2) is 19.7. The SMILES string of the molecule is CCC(c1ccc(OC(=O)N(C)C)cc1)C(CC)c1ccc(OC(=O)N(C)C)c(NC(=O)CCC(P(=O)(O)O)P(=O)(O)O)c1.[NaH].[NaH]. The molecule has 2 unspecified atom stereocenters. The van der Waals surface area contributed by atoms with E-state index in [1.165, 1.54) is 30.0 Å². The van der Waals surface area contributed by atoms with Gasteiger partial charge in [0.05, 0.1) is 5.69 Å². The van der Waals surface area contributed by atoms with E-state index in [0.29, 0.717) is 12.2 Å². The summed E-state index contributed by atoms with van der Waals surface area (Å²) >= 11 is 0. The molecule has 0 saturated heterocycles. The minimum absolute atomic E-state index is 0. The topological polar surface area (TPSA) is 203 Å². The van der Waals surface area contributed by atoms with Gasteiger partial charge in [-0.3, -0.25) is 13.9 Å². The first-order chi connectivity index (χ1) is 20.4. The number of hydrogen-bond donors (Lipinski definition) is 5. The summed E-state index contributed by atoms with van der Waals surface area (Å²) in [5, 5.41) is 0.243. The van der Waals surface area contributed by atoms with Crippen LogP contribution in [0.5, 0.6) is 11.5 Å². The van der Waals surface area contributed by atoms with Gasteiger partial charge in [-0.15, -0.1) is 0 Å². The van der Waals surface area contributed by atoms with Crippen LogP contribution in [0, 0.1) is 0 Å². The Morgan fingerprint density at radius 1 is 0.761 bits per heavy atom. The van der Waals surface area contributed by atoms with Crippen LogP contribution in [0.15, 0.2) is 42.5 Å². The quantitative estimate of drug-likeness (QED) is 0.151. The average molecular weight is 706 g/mol. The molecule has 0 fully saturated rings. The Bertz CT molecular complexity index is 1390. The molecule has 0 aromatic heterocycles. The van der Waals surface area contributed by atoms with Gasteiger partial charge in [-0.2, -0.15) is 0 Å². The molecule has 0 heterocycles. The maximum absolute atomic E-state index is 12.8. The van der Waals surface area contributed by atoms with Crippen molar-refractivity contribution in [1.29, 1.82) is 0 Å². The number of carbonyl (C=O) groups excluding carboxylic acids is 3. The van der Waals surface area contributed by atoms with Crippen LogP contribution < -0.4 is 14.8 Å². The van der Waals surface area contributed by atoms with E-state index < -0.39 is 51.5 Å². The van der Waals surface area contributed by atoms with Gasteiger partial charge in [0.15, 0.2) is 11.1 Å². The van der Waals surface area contributed by atoms with Crippen molar-refractivity contribution in [1.82, 2.24) is 9.80 Å². The summed E-state index contributed by atoms with van der Waals surface area (Å²) in [6.07, 6.45) is -1.19. The summed E-state index contributed by atoms with van der Waals surface area (Å²) in [7, 11) is -4.29. The predicted octanol–water partition coefficient (Wildman–Crippen LogP) is 3.60. The molecule has 0 spiro atoms. The molecule has 248 valence electrons. The second-order valence-electron chi connectivity index (χ2n) is 10.6. The molecule has 46 heavy (non-hydrogen) atoms. The summed E-state index contributed by atoms with van der Waals surface area (Å²) in [5.41, 5.74) is 1.88. The number of ether oxygens (including phenoxy) is 2. The summed E-state index contributed by atoms with van der Waals surface area (Å²) in [4.78, 5) is 77.1. The van der Waals surface area contributed by atoms with Crippen molar-refractivity contribution in [2.75, 3.05) is 33.5 Å². The molecule has 0 saturated carbocycles. The number of amides is 3. The Morgan fingerprint density at radius 3 is 1.67 bits per heavy atom. The van der Waals surface area contributed by atoms with Crippen LogP contribution in [0.25, 0.3) is 0 Å². The number of rotatable bonds is 13. The number of nitrogens with one attached hydrogen (secondary N) is 1. The molecule has 0 bridgehead atoms. The van der Waals surface area contributed by atoms with Gasteiger partial charge >= 0.3 is 86.5 Å². The fourth-order valence-corrected chi connectivity index (χ4v) is 7.13. The van der Waals surface area contributed by atoms with Crippen molar-refractivity contribution in [3.63, 3.8) is 0 Å². The number of anilines is 1. The minimum atomic E-state index is -5.20. The van der Waals surface area contributed by atoms with Crippen LogP contribution in [0.1, 0.15) is 62.5 Å². The van der Waals surface area contributed by atoms with Crippen LogP contribution in [0.4, 0.5) is 15.3 Å². The maximum atomic E-state index is 12.8. The molecule has 0 aliphatic rings. The Morgan fingerprint density at radius 2 is 1.22 bits per heavy atom. The van der Waals surface area contributed by atoms with Crippen LogP contribution in [0.2, 0.25) is 0 Å². The molecule has 2 aromatic rings. The van der Waals surface area contributed by atoms with E-state index in [1.807, 2.05) is 26.0 Å². The van der Waals surface area contributed by atoms with Crippen molar-refractivity contribution < 1.29 is 52.6 Å². The molecule has 5 N–H and O–H groups in total. The summed E-state index contributed by atoms with van der Waals surface area (Å²) < 4.78 is 34.0. The molecule has 0 aliphatic carbocycles. The van der Waals surface area contributed by atoms with E-state index in [-0.39, 0.29) is 82.4 Å². The van der Waals surface area contributed by atoms with Crippen molar-refractivity contribution in [3.8, 4) is 11.5 Å². The van der Waals surface area contributed by atoms with Crippen molar-refractivity contribution in [2.45, 2.75) is 56.8 Å². The third kappa shape index (κ3) is 13.3. The molecule has 0 aliphatic heterocycles. The van der Waals surface area contributed by atoms with Crippen LogP contribution in [-0.2, 0) is 13.9 Å². The second-order valence-corrected chi connectivity index (χ2v) is 14.6. The summed E-state index contributed by atoms with van der Waals surface area (Å²) in [6.45, 7) is 4.03. The predicted molar refractivity (Wildman–Crippen MR) is 178 cm³/mol. The summed E-state index contributed by atoms with van der Waals surface area (Å²) in [6, 6.07) is 12.1. The van der Waals surface area contributed by atoms with Crippen molar-refractivity contribution >= 4 is 98.1 Å². The van der Waals surface area contributed by atoms with E-state index in [1.54, 1.807) is 38.4 Å². The van der Waals surface area contributed by atoms with Gasteiger partial charge in [-0.1, -0.05) is 32.0 Å². The first-order valence-electron chi connectivity index (χ1n) is 13.8. The van der Waals surface area contributed by atoms with Crippen molar-refractivity contribution in [2.24, 2.45) is 0 Å². The van der Waals surface area contributed by atoms with Gasteiger partial charge in [-0.05, 0) is 66.5 Å². The zero-order chi connectivity index (χ0) is 33.4. The third-order valence-electron chi connectivity index (χ3n) is 6.92. The van der Waals surface area contributed by atoms with Gasteiger partial charge in [0.1, 0.15) is 5.75 Å². The fraction of sp³-hybridized carbons (Fsp3) is 0.464. The van der Waals surface area contributed by atoms with Gasteiger partial charge in [0.2, 0.25) is 5.91 Å². The first-order valence-corrected chi connectivity index (χ1v) is 17.2. The summed E-state index contributed by atoms with van der Waals surface area (Å²) in [5.74, 6) is -0.452. The van der Waals surface area contributed by atoms with E-state index in [2.05, 4.69) is 5.32 Å². The van der Waals surface area contributed by atoms with Gasteiger partial charge in [-0.25, -0.2) is 9.59 Å². The standard InChI is InChI=1S/C28H41N3O11P2.2Na.2H/c1-7-21(18-9-12-20(13-10-18)41-27(33)30(3)4)22(8-2)19-11-14-24(42-28(34)31(5)6)23(17-19)29-25(32)15-16-26(43(35,36)37)44(38,39)40;;;;/h9-14,17,21-22,26H,7-8,15-16H2,1-6H3,(H,29,32)(H2,35,36,37)(H2,38,39,40);;;;. The van der Waals surface area contributed by atoms with E-state index in [0.717, 1.165) is 17.5 Å². The third-order valence-corrected chi connectivity index (χ3v) is 10.8. The van der Waals surface area contributed by atoms with Crippen LogP contribution >= 0.6 is 15.2 Å². The van der Waals surface area contributed by atoms with Gasteiger partial charge < -0.3 is 44.2 Å². The molecule has 2 aromatic carbocycles. The molecule has 18 heteroatoms. The van der Waals surface area contributed by atoms with E-state index in [9.17, 15) is 43.1 Å². The van der Waals surface area contributed by atoms with E-state index in [4.69, 9.17) is 9.47 Å².